The van der Waals surface area contributed by atoms with E-state index in [1.165, 1.54) is 0 Å². The molecule has 2 saturated heterocycles. The van der Waals surface area contributed by atoms with Crippen LogP contribution in [0.3, 0.4) is 0 Å². The average Bonchev–Trinajstić information content (AvgIpc) is 3.67. The summed E-state index contributed by atoms with van der Waals surface area (Å²) in [5.74, 6) is 1.15. The van der Waals surface area contributed by atoms with Crippen molar-refractivity contribution in [3.63, 3.8) is 0 Å². The average molecular weight is 522 g/mol. The highest BCUT2D eigenvalue weighted by molar-refractivity contribution is 6.01. The summed E-state index contributed by atoms with van der Waals surface area (Å²) < 4.78 is 6.31. The summed E-state index contributed by atoms with van der Waals surface area (Å²) in [6, 6.07) is 20.0. The molecular weight excluding hydrogens is 490 g/mol. The van der Waals surface area contributed by atoms with Crippen molar-refractivity contribution in [2.45, 2.75) is 62.8 Å². The van der Waals surface area contributed by atoms with E-state index in [0.29, 0.717) is 23.6 Å². The fourth-order valence-corrected chi connectivity index (χ4v) is 6.34. The zero-order chi connectivity index (χ0) is 26.3. The molecule has 39 heavy (non-hydrogen) atoms. The highest BCUT2D eigenvalue weighted by Gasteiger charge is 2.41. The lowest BCUT2D eigenvalue weighted by atomic mass is 10.0. The lowest BCUT2D eigenvalue weighted by molar-refractivity contribution is -0.123. The van der Waals surface area contributed by atoms with Crippen molar-refractivity contribution in [2.75, 3.05) is 0 Å². The van der Waals surface area contributed by atoms with E-state index in [2.05, 4.69) is 20.5 Å². The van der Waals surface area contributed by atoms with Crippen molar-refractivity contribution in [1.29, 1.82) is 0 Å². The van der Waals surface area contributed by atoms with Crippen LogP contribution in [0.5, 0.6) is 5.75 Å². The minimum Gasteiger partial charge on any atom is -0.490 e. The molecule has 3 aliphatic rings. The van der Waals surface area contributed by atoms with Crippen LogP contribution in [0.4, 0.5) is 0 Å². The number of carbonyl (C=O) groups excluding carboxylic acids is 2. The molecule has 2 amide bonds. The predicted molar refractivity (Wildman–Crippen MR) is 147 cm³/mol. The summed E-state index contributed by atoms with van der Waals surface area (Å²) in [4.78, 5) is 31.1. The highest BCUT2D eigenvalue weighted by atomic mass is 16.5. The van der Waals surface area contributed by atoms with E-state index in [1.54, 1.807) is 6.20 Å². The number of rotatable bonds is 8. The molecule has 8 nitrogen and oxygen atoms in total. The number of nitrogens with zero attached hydrogens (tertiary/aromatic N) is 3. The Labute approximate surface area is 226 Å². The molecule has 0 radical (unpaired) electrons. The number of piperidine rings is 1. The zero-order valence-electron chi connectivity index (χ0n) is 21.6. The first kappa shape index (κ1) is 23.9. The standard InChI is InChI=1S/C31H31N5O3/c37-18-36-22-9-10-23(36)17-25(16-22)39-24-11-6-19(7-12-24)29-26-15-21(8-13-27(26)34-35-29)31(38)33-30(20-4-5-20)28-3-1-2-14-32-28/h1-3,6-8,11-15,18,20,22-23,25,30H,4-5,9-10,16-17H2,(H,33,38)(H,34,35)/t22?,23?,25?,30-/m0/s1. The van der Waals surface area contributed by atoms with E-state index >= 15 is 0 Å². The second-order valence-electron chi connectivity index (χ2n) is 11.0. The van der Waals surface area contributed by atoms with Gasteiger partial charge in [-0.25, -0.2) is 0 Å². The molecule has 1 saturated carbocycles. The van der Waals surface area contributed by atoms with Gasteiger partial charge in [-0.2, -0.15) is 5.10 Å². The van der Waals surface area contributed by atoms with Crippen molar-refractivity contribution in [2.24, 2.45) is 5.92 Å². The lowest BCUT2D eigenvalue weighted by Crippen LogP contribution is -2.45. The second kappa shape index (κ2) is 9.84. The Morgan fingerprint density at radius 1 is 1.03 bits per heavy atom. The van der Waals surface area contributed by atoms with Crippen LogP contribution in [0.2, 0.25) is 0 Å². The molecule has 2 aromatic carbocycles. The number of aromatic nitrogens is 3. The maximum absolute atomic E-state index is 13.3. The van der Waals surface area contributed by atoms with Gasteiger partial charge in [-0.3, -0.25) is 19.7 Å². The van der Waals surface area contributed by atoms with Gasteiger partial charge in [-0.1, -0.05) is 6.07 Å². The fraction of sp³-hybridized carbons (Fsp3) is 0.355. The Bertz CT molecular complexity index is 1480. The van der Waals surface area contributed by atoms with Gasteiger partial charge in [0.25, 0.3) is 5.91 Å². The predicted octanol–water partition coefficient (Wildman–Crippen LogP) is 5.04. The maximum Gasteiger partial charge on any atom is 0.251 e. The van der Waals surface area contributed by atoms with Gasteiger partial charge in [0.2, 0.25) is 6.41 Å². The summed E-state index contributed by atoms with van der Waals surface area (Å²) in [6.07, 6.45) is 9.01. The Hall–Kier alpha value is -4.20. The van der Waals surface area contributed by atoms with E-state index in [-0.39, 0.29) is 18.1 Å². The molecule has 2 bridgehead atoms. The number of pyridine rings is 1. The van der Waals surface area contributed by atoms with E-state index < -0.39 is 0 Å². The Morgan fingerprint density at radius 3 is 2.51 bits per heavy atom. The molecule has 2 unspecified atom stereocenters. The van der Waals surface area contributed by atoms with Crippen LogP contribution in [0.25, 0.3) is 22.2 Å². The van der Waals surface area contributed by atoms with Crippen LogP contribution in [0.15, 0.2) is 66.9 Å². The normalized spacial score (nSPS) is 23.0. The number of benzene rings is 2. The largest absolute Gasteiger partial charge is 0.490 e. The van der Waals surface area contributed by atoms with Crippen molar-refractivity contribution < 1.29 is 14.3 Å². The molecule has 1 aliphatic carbocycles. The third-order valence-corrected chi connectivity index (χ3v) is 8.51. The number of H-pyrrole nitrogens is 1. The quantitative estimate of drug-likeness (QED) is 0.317. The van der Waals surface area contributed by atoms with E-state index in [0.717, 1.165) is 78.5 Å². The minimum atomic E-state index is -0.107. The number of fused-ring (bicyclic) bond motifs is 3. The van der Waals surface area contributed by atoms with Gasteiger partial charge in [0.1, 0.15) is 11.9 Å². The topological polar surface area (TPSA) is 100 Å². The van der Waals surface area contributed by atoms with Gasteiger partial charge >= 0.3 is 0 Å². The van der Waals surface area contributed by atoms with Gasteiger partial charge < -0.3 is 15.0 Å². The van der Waals surface area contributed by atoms with Crippen LogP contribution >= 0.6 is 0 Å². The molecular formula is C31H31N5O3. The number of hydrogen-bond donors (Lipinski definition) is 2. The molecule has 2 aliphatic heterocycles. The summed E-state index contributed by atoms with van der Waals surface area (Å²) in [7, 11) is 0. The molecule has 2 aromatic heterocycles. The molecule has 8 heteroatoms. The summed E-state index contributed by atoms with van der Waals surface area (Å²) in [5, 5.41) is 11.8. The first-order valence-electron chi connectivity index (χ1n) is 13.9. The van der Waals surface area contributed by atoms with Crippen molar-refractivity contribution in [1.82, 2.24) is 25.4 Å². The first-order chi connectivity index (χ1) is 19.2. The number of amides is 2. The zero-order valence-corrected chi connectivity index (χ0v) is 21.6. The number of carbonyl (C=O) groups is 2. The Morgan fingerprint density at radius 2 is 1.82 bits per heavy atom. The van der Waals surface area contributed by atoms with E-state index in [9.17, 15) is 9.59 Å². The van der Waals surface area contributed by atoms with Gasteiger partial charge in [0.05, 0.1) is 22.9 Å². The van der Waals surface area contributed by atoms with Crippen LogP contribution in [0, 0.1) is 5.92 Å². The smallest absolute Gasteiger partial charge is 0.251 e. The number of ether oxygens (including phenoxy) is 1. The van der Waals surface area contributed by atoms with Crippen LogP contribution in [-0.2, 0) is 4.79 Å². The van der Waals surface area contributed by atoms with Crippen molar-refractivity contribution >= 4 is 23.2 Å². The first-order valence-corrected chi connectivity index (χ1v) is 13.9. The number of nitrogens with one attached hydrogen (secondary N) is 2. The molecule has 198 valence electrons. The number of aromatic amines is 1. The van der Waals surface area contributed by atoms with Crippen LogP contribution < -0.4 is 10.1 Å². The molecule has 3 atom stereocenters. The van der Waals surface area contributed by atoms with Crippen molar-refractivity contribution in [3.05, 3.63) is 78.1 Å². The van der Waals surface area contributed by atoms with E-state index in [1.807, 2.05) is 65.6 Å². The fourth-order valence-electron chi connectivity index (χ4n) is 6.34. The van der Waals surface area contributed by atoms with Gasteiger partial charge in [0.15, 0.2) is 0 Å². The maximum atomic E-state index is 13.3. The molecule has 3 fully saturated rings. The third-order valence-electron chi connectivity index (χ3n) is 8.51. The van der Waals surface area contributed by atoms with E-state index in [4.69, 9.17) is 4.74 Å². The Kier molecular flexibility index (Phi) is 6.02. The molecule has 2 N–H and O–H groups in total. The number of hydrogen-bond acceptors (Lipinski definition) is 5. The van der Waals surface area contributed by atoms with Gasteiger partial charge in [-0.15, -0.1) is 0 Å². The van der Waals surface area contributed by atoms with Gasteiger partial charge in [-0.05, 0) is 86.2 Å². The minimum absolute atomic E-state index is 0.0772. The summed E-state index contributed by atoms with van der Waals surface area (Å²) >= 11 is 0. The third kappa shape index (κ3) is 4.64. The lowest BCUT2D eigenvalue weighted by Gasteiger charge is -2.36. The molecule has 0 spiro atoms. The monoisotopic (exact) mass is 521 g/mol. The second-order valence-corrected chi connectivity index (χ2v) is 11.0. The highest BCUT2D eigenvalue weighted by Crippen LogP contribution is 2.41. The summed E-state index contributed by atoms with van der Waals surface area (Å²) in [5.41, 5.74) is 4.13. The van der Waals surface area contributed by atoms with Crippen LogP contribution in [-0.4, -0.2) is 50.6 Å². The van der Waals surface area contributed by atoms with Gasteiger partial charge in [0, 0.05) is 47.6 Å². The van der Waals surface area contributed by atoms with Crippen LogP contribution in [0.1, 0.15) is 60.6 Å². The SMILES string of the molecule is O=CN1C2CCC1CC(Oc1ccc(-c3n[nH]c4ccc(C(=O)N[C@H](c5ccccn5)C5CC5)cc34)cc1)C2. The van der Waals surface area contributed by atoms with Crippen molar-refractivity contribution in [3.8, 4) is 17.0 Å². The Balaban J connectivity index is 1.08. The molecule has 7 rings (SSSR count). The molecule has 4 aromatic rings. The summed E-state index contributed by atoms with van der Waals surface area (Å²) in [6.45, 7) is 0. The molecule has 4 heterocycles.